The van der Waals surface area contributed by atoms with Crippen LogP contribution in [-0.2, 0) is 11.8 Å². The highest BCUT2D eigenvalue weighted by atomic mass is 32.2. The second-order valence-electron chi connectivity index (χ2n) is 3.54. The van der Waals surface area contributed by atoms with E-state index in [1.807, 2.05) is 6.92 Å². The first-order valence-electron chi connectivity index (χ1n) is 5.80. The number of carbonyl (C=O) groups is 1. The maximum Gasteiger partial charge on any atom is 0.227 e. The van der Waals surface area contributed by atoms with Crippen LogP contribution in [-0.4, -0.2) is 47.8 Å². The van der Waals surface area contributed by atoms with Crippen molar-refractivity contribution in [2.45, 2.75) is 22.8 Å². The number of amides is 1. The Morgan fingerprint density at radius 1 is 1.35 bits per heavy atom. The van der Waals surface area contributed by atoms with Gasteiger partial charge in [-0.3, -0.25) is 4.79 Å². The molecule has 11 heteroatoms. The number of aromatic nitrogens is 6. The van der Waals surface area contributed by atoms with E-state index in [0.717, 1.165) is 10.1 Å². The zero-order valence-electron chi connectivity index (χ0n) is 10.9. The fraction of sp³-hybridized carbons (Fsp3) is 0.556. The first-order chi connectivity index (χ1) is 9.69. The average molecular weight is 331 g/mol. The van der Waals surface area contributed by atoms with Crippen molar-refractivity contribution in [2.75, 3.05) is 16.8 Å². The molecule has 2 heterocycles. The number of carbonyl (C=O) groups excluding carboxylic acids is 1. The van der Waals surface area contributed by atoms with Crippen LogP contribution in [0, 0.1) is 0 Å². The molecule has 20 heavy (non-hydrogen) atoms. The molecule has 0 saturated carbocycles. The van der Waals surface area contributed by atoms with E-state index >= 15 is 0 Å². The van der Waals surface area contributed by atoms with Crippen LogP contribution in [0.1, 0.15) is 13.3 Å². The third-order valence-electron chi connectivity index (χ3n) is 2.06. The Labute approximate surface area is 128 Å². The Morgan fingerprint density at radius 2 is 2.20 bits per heavy atom. The summed E-state index contributed by atoms with van der Waals surface area (Å²) in [6.45, 7) is 2.04. The van der Waals surface area contributed by atoms with Crippen LogP contribution in [0.15, 0.2) is 9.50 Å². The van der Waals surface area contributed by atoms with Gasteiger partial charge in [0, 0.05) is 19.2 Å². The molecule has 0 aliphatic heterocycles. The molecule has 0 aliphatic rings. The molecule has 0 bridgehead atoms. The van der Waals surface area contributed by atoms with E-state index in [-0.39, 0.29) is 5.91 Å². The van der Waals surface area contributed by atoms with Crippen molar-refractivity contribution < 1.29 is 4.79 Å². The summed E-state index contributed by atoms with van der Waals surface area (Å²) in [5.74, 6) is 1.46. The van der Waals surface area contributed by atoms with Gasteiger partial charge in [-0.05, 0) is 16.2 Å². The van der Waals surface area contributed by atoms with Crippen molar-refractivity contribution in [1.82, 2.24) is 30.4 Å². The molecule has 0 atom stereocenters. The lowest BCUT2D eigenvalue weighted by molar-refractivity contribution is -0.115. The van der Waals surface area contributed by atoms with Crippen LogP contribution in [0.4, 0.5) is 5.13 Å². The first kappa shape index (κ1) is 15.2. The fourth-order valence-electron chi connectivity index (χ4n) is 1.20. The molecule has 1 amide bonds. The second kappa shape index (κ2) is 7.55. The van der Waals surface area contributed by atoms with Crippen molar-refractivity contribution >= 4 is 45.9 Å². The van der Waals surface area contributed by atoms with Gasteiger partial charge in [-0.2, -0.15) is 0 Å². The van der Waals surface area contributed by atoms with Gasteiger partial charge < -0.3 is 5.32 Å². The second-order valence-corrected chi connectivity index (χ2v) is 7.09. The summed E-state index contributed by atoms with van der Waals surface area (Å²) in [4.78, 5) is 11.7. The Morgan fingerprint density at radius 3 is 2.90 bits per heavy atom. The SMILES string of the molecule is CCSc1nnc(NC(=O)CCSc2nnnn2C)s1. The number of nitrogens with zero attached hydrogens (tertiary/aromatic N) is 6. The van der Waals surface area contributed by atoms with Gasteiger partial charge in [0.25, 0.3) is 0 Å². The van der Waals surface area contributed by atoms with Gasteiger partial charge in [0.1, 0.15) is 0 Å². The number of rotatable bonds is 7. The van der Waals surface area contributed by atoms with E-state index in [2.05, 4.69) is 31.0 Å². The molecule has 0 spiro atoms. The topological polar surface area (TPSA) is 98.5 Å². The molecule has 8 nitrogen and oxygen atoms in total. The zero-order valence-corrected chi connectivity index (χ0v) is 13.4. The Kier molecular flexibility index (Phi) is 5.73. The highest BCUT2D eigenvalue weighted by Crippen LogP contribution is 2.25. The third-order valence-corrected chi connectivity index (χ3v) is 4.93. The molecule has 2 rings (SSSR count). The predicted octanol–water partition coefficient (Wildman–Crippen LogP) is 1.29. The van der Waals surface area contributed by atoms with E-state index in [9.17, 15) is 4.79 Å². The number of thioether (sulfide) groups is 2. The summed E-state index contributed by atoms with van der Waals surface area (Å²) < 4.78 is 2.43. The molecule has 0 unspecified atom stereocenters. The Balaban J connectivity index is 1.73. The number of hydrogen-bond donors (Lipinski definition) is 1. The lowest BCUT2D eigenvalue weighted by atomic mass is 10.5. The highest BCUT2D eigenvalue weighted by Gasteiger charge is 2.09. The Hall–Kier alpha value is -1.20. The van der Waals surface area contributed by atoms with Gasteiger partial charge in [0.2, 0.25) is 16.2 Å². The zero-order chi connectivity index (χ0) is 14.4. The summed E-state index contributed by atoms with van der Waals surface area (Å²) in [5.41, 5.74) is 0. The first-order valence-corrected chi connectivity index (χ1v) is 8.59. The molecule has 2 aromatic heterocycles. The van der Waals surface area contributed by atoms with Gasteiger partial charge in [0.05, 0.1) is 0 Å². The lowest BCUT2D eigenvalue weighted by Gasteiger charge is -2.00. The minimum Gasteiger partial charge on any atom is -0.300 e. The number of tetrazole rings is 1. The molecule has 0 saturated heterocycles. The van der Waals surface area contributed by atoms with Gasteiger partial charge in [-0.1, -0.05) is 41.8 Å². The average Bonchev–Trinajstić information content (AvgIpc) is 3.00. The number of anilines is 1. The quantitative estimate of drug-likeness (QED) is 0.599. The predicted molar refractivity (Wildman–Crippen MR) is 79.1 cm³/mol. The normalized spacial score (nSPS) is 10.7. The molecule has 0 aliphatic carbocycles. The van der Waals surface area contributed by atoms with Gasteiger partial charge in [-0.15, -0.1) is 15.3 Å². The molecule has 0 fully saturated rings. The van der Waals surface area contributed by atoms with Crippen molar-refractivity contribution in [2.24, 2.45) is 7.05 Å². The largest absolute Gasteiger partial charge is 0.300 e. The molecule has 0 aromatic carbocycles. The Bertz CT molecular complexity index is 569. The van der Waals surface area contributed by atoms with Crippen LogP contribution in [0.3, 0.4) is 0 Å². The standard InChI is InChI=1S/C9H13N7OS3/c1-3-18-9-13-11-7(20-9)10-6(17)4-5-19-8-12-14-15-16(8)2/h3-5H2,1-2H3,(H,10,11,17). The summed E-state index contributed by atoms with van der Waals surface area (Å²) in [6, 6.07) is 0. The third kappa shape index (κ3) is 4.42. The van der Waals surface area contributed by atoms with Crippen molar-refractivity contribution in [3.05, 3.63) is 0 Å². The minimum atomic E-state index is -0.0863. The molecular formula is C9H13N7OS3. The summed E-state index contributed by atoms with van der Waals surface area (Å²) in [6.07, 6.45) is 0.368. The summed E-state index contributed by atoms with van der Waals surface area (Å²) in [7, 11) is 1.76. The van der Waals surface area contributed by atoms with Gasteiger partial charge >= 0.3 is 0 Å². The van der Waals surface area contributed by atoms with E-state index in [4.69, 9.17) is 0 Å². The van der Waals surface area contributed by atoms with Gasteiger partial charge in [-0.25, -0.2) is 4.68 Å². The maximum absolute atomic E-state index is 11.7. The van der Waals surface area contributed by atoms with Crippen LogP contribution < -0.4 is 5.32 Å². The lowest BCUT2D eigenvalue weighted by Crippen LogP contribution is -2.12. The smallest absolute Gasteiger partial charge is 0.227 e. The van der Waals surface area contributed by atoms with Crippen molar-refractivity contribution in [3.63, 3.8) is 0 Å². The molecular weight excluding hydrogens is 318 g/mol. The van der Waals surface area contributed by atoms with E-state index in [0.29, 0.717) is 22.5 Å². The van der Waals surface area contributed by atoms with Crippen LogP contribution in [0.25, 0.3) is 0 Å². The van der Waals surface area contributed by atoms with Crippen LogP contribution in [0.5, 0.6) is 0 Å². The fourth-order valence-corrected chi connectivity index (χ4v) is 3.66. The van der Waals surface area contributed by atoms with Gasteiger partial charge in [0.15, 0.2) is 4.34 Å². The number of aryl methyl sites for hydroxylation is 1. The summed E-state index contributed by atoms with van der Waals surface area (Å²) >= 11 is 4.43. The van der Waals surface area contributed by atoms with Crippen molar-refractivity contribution in [1.29, 1.82) is 0 Å². The molecule has 108 valence electrons. The highest BCUT2D eigenvalue weighted by molar-refractivity contribution is 8.01. The molecule has 2 aromatic rings. The minimum absolute atomic E-state index is 0.0863. The van der Waals surface area contributed by atoms with E-state index in [1.165, 1.54) is 23.1 Å². The monoisotopic (exact) mass is 331 g/mol. The van der Waals surface area contributed by atoms with E-state index in [1.54, 1.807) is 23.5 Å². The maximum atomic E-state index is 11.7. The molecule has 1 N–H and O–H groups in total. The van der Waals surface area contributed by atoms with Crippen molar-refractivity contribution in [3.8, 4) is 0 Å². The number of hydrogen-bond acceptors (Lipinski definition) is 9. The molecule has 0 radical (unpaired) electrons. The number of nitrogens with one attached hydrogen (secondary N) is 1. The van der Waals surface area contributed by atoms with Crippen LogP contribution in [0.2, 0.25) is 0 Å². The van der Waals surface area contributed by atoms with Crippen LogP contribution >= 0.6 is 34.9 Å². The van der Waals surface area contributed by atoms with E-state index < -0.39 is 0 Å². The summed E-state index contributed by atoms with van der Waals surface area (Å²) in [5, 5.41) is 22.9.